The lowest BCUT2D eigenvalue weighted by Gasteiger charge is -1.99. The van der Waals surface area contributed by atoms with Gasteiger partial charge in [0.15, 0.2) is 0 Å². The van der Waals surface area contributed by atoms with E-state index in [4.69, 9.17) is 0 Å². The van der Waals surface area contributed by atoms with Crippen LogP contribution in [0.2, 0.25) is 0 Å². The molecule has 0 N–H and O–H groups in total. The maximum absolute atomic E-state index is 10.8. The summed E-state index contributed by atoms with van der Waals surface area (Å²) >= 11 is 0. The van der Waals surface area contributed by atoms with Gasteiger partial charge in [0.1, 0.15) is 0 Å². The Hall–Kier alpha value is -0.890. The van der Waals surface area contributed by atoms with Crippen LogP contribution in [-0.2, 0) is 17.2 Å². The van der Waals surface area contributed by atoms with E-state index in [0.29, 0.717) is 0 Å². The van der Waals surface area contributed by atoms with Crippen molar-refractivity contribution in [3.05, 3.63) is 42.0 Å². The summed E-state index contributed by atoms with van der Waals surface area (Å²) < 4.78 is 10.8. The molecule has 1 nitrogen and oxygen atoms in total. The van der Waals surface area contributed by atoms with Crippen molar-refractivity contribution >= 4 is 16.9 Å². The van der Waals surface area contributed by atoms with Gasteiger partial charge >= 0.3 is 0 Å². The highest BCUT2D eigenvalue weighted by Crippen LogP contribution is 2.06. The van der Waals surface area contributed by atoms with Gasteiger partial charge in [-0.1, -0.05) is 36.9 Å². The zero-order chi connectivity index (χ0) is 9.68. The Morgan fingerprint density at radius 2 is 2.00 bits per heavy atom. The number of benzene rings is 1. The molecule has 0 aliphatic heterocycles. The standard InChI is InChI=1S/C11H14OS/c1-3-10-4-6-11(7-5-10)8-9-13(2)12/h3-7H,1,8-9H2,2H3. The van der Waals surface area contributed by atoms with Gasteiger partial charge in [-0.15, -0.1) is 0 Å². The minimum Gasteiger partial charge on any atom is -0.260 e. The maximum Gasteiger partial charge on any atom is 0.0272 e. The molecule has 70 valence electrons. The predicted molar refractivity (Wildman–Crippen MR) is 59.2 cm³/mol. The van der Waals surface area contributed by atoms with Crippen LogP contribution in [0.1, 0.15) is 11.1 Å². The Morgan fingerprint density at radius 1 is 1.38 bits per heavy atom. The number of aryl methyl sites for hydroxylation is 1. The molecule has 0 saturated carbocycles. The molecule has 0 saturated heterocycles. The van der Waals surface area contributed by atoms with Gasteiger partial charge in [-0.25, -0.2) is 0 Å². The third-order valence-corrected chi connectivity index (χ3v) is 2.67. The van der Waals surface area contributed by atoms with E-state index < -0.39 is 10.8 Å². The molecule has 0 aliphatic carbocycles. The van der Waals surface area contributed by atoms with Crippen LogP contribution in [0, 0.1) is 0 Å². The van der Waals surface area contributed by atoms with Gasteiger partial charge in [-0.3, -0.25) is 4.21 Å². The van der Waals surface area contributed by atoms with Crippen molar-refractivity contribution in [2.45, 2.75) is 6.42 Å². The van der Waals surface area contributed by atoms with Crippen molar-refractivity contribution in [2.24, 2.45) is 0 Å². The topological polar surface area (TPSA) is 17.1 Å². The third kappa shape index (κ3) is 3.55. The van der Waals surface area contributed by atoms with Crippen LogP contribution in [0.15, 0.2) is 30.8 Å². The summed E-state index contributed by atoms with van der Waals surface area (Å²) in [6.07, 6.45) is 4.44. The molecule has 1 rings (SSSR count). The summed E-state index contributed by atoms with van der Waals surface area (Å²) in [6, 6.07) is 8.18. The van der Waals surface area contributed by atoms with E-state index in [0.717, 1.165) is 17.7 Å². The Balaban J connectivity index is 2.59. The number of hydrogen-bond acceptors (Lipinski definition) is 1. The maximum atomic E-state index is 10.8. The van der Waals surface area contributed by atoms with E-state index in [1.165, 1.54) is 5.56 Å². The Bertz CT molecular complexity index is 300. The first-order valence-electron chi connectivity index (χ1n) is 4.24. The second kappa shape index (κ2) is 4.97. The van der Waals surface area contributed by atoms with E-state index in [9.17, 15) is 4.21 Å². The first kappa shape index (κ1) is 10.2. The van der Waals surface area contributed by atoms with E-state index >= 15 is 0 Å². The zero-order valence-electron chi connectivity index (χ0n) is 7.82. The average Bonchev–Trinajstić information content (AvgIpc) is 2.15. The monoisotopic (exact) mass is 194 g/mol. The molecule has 1 unspecified atom stereocenters. The first-order valence-corrected chi connectivity index (χ1v) is 5.96. The number of rotatable bonds is 4. The SMILES string of the molecule is C=Cc1ccc(CCS(C)=O)cc1. The van der Waals surface area contributed by atoms with Gasteiger partial charge in [-0.05, 0) is 17.5 Å². The van der Waals surface area contributed by atoms with Crippen molar-refractivity contribution in [2.75, 3.05) is 12.0 Å². The highest BCUT2D eigenvalue weighted by atomic mass is 32.2. The van der Waals surface area contributed by atoms with Crippen LogP contribution >= 0.6 is 0 Å². The zero-order valence-corrected chi connectivity index (χ0v) is 8.64. The molecular formula is C11H14OS. The largest absolute Gasteiger partial charge is 0.260 e. The second-order valence-electron chi connectivity index (χ2n) is 2.97. The molecule has 1 aromatic rings. The Morgan fingerprint density at radius 3 is 2.46 bits per heavy atom. The van der Waals surface area contributed by atoms with E-state index in [2.05, 4.69) is 18.7 Å². The minimum absolute atomic E-state index is 0.693. The molecule has 13 heavy (non-hydrogen) atoms. The quantitative estimate of drug-likeness (QED) is 0.718. The normalized spacial score (nSPS) is 12.4. The summed E-state index contributed by atoms with van der Waals surface area (Å²) in [6.45, 7) is 3.69. The molecule has 0 bridgehead atoms. The van der Waals surface area contributed by atoms with Gasteiger partial charge < -0.3 is 0 Å². The lowest BCUT2D eigenvalue weighted by molar-refractivity contribution is 0.686. The molecule has 0 spiro atoms. The molecular weight excluding hydrogens is 180 g/mol. The summed E-state index contributed by atoms with van der Waals surface area (Å²) in [4.78, 5) is 0. The fraction of sp³-hybridized carbons (Fsp3) is 0.273. The highest BCUT2D eigenvalue weighted by Gasteiger charge is 1.94. The molecule has 0 aromatic heterocycles. The van der Waals surface area contributed by atoms with Gasteiger partial charge in [0.2, 0.25) is 0 Å². The van der Waals surface area contributed by atoms with Gasteiger partial charge in [0, 0.05) is 22.8 Å². The van der Waals surface area contributed by atoms with E-state index in [1.54, 1.807) is 6.26 Å². The molecule has 0 fully saturated rings. The van der Waals surface area contributed by atoms with E-state index in [1.807, 2.05) is 18.2 Å². The Kier molecular flexibility index (Phi) is 3.90. The molecule has 0 aliphatic rings. The van der Waals surface area contributed by atoms with E-state index in [-0.39, 0.29) is 0 Å². The molecule has 1 atom stereocenters. The predicted octanol–water partition coefficient (Wildman–Crippen LogP) is 2.25. The van der Waals surface area contributed by atoms with Crippen molar-refractivity contribution < 1.29 is 4.21 Å². The smallest absolute Gasteiger partial charge is 0.0272 e. The van der Waals surface area contributed by atoms with Crippen molar-refractivity contribution in [3.63, 3.8) is 0 Å². The van der Waals surface area contributed by atoms with Crippen LogP contribution in [-0.4, -0.2) is 16.2 Å². The summed E-state index contributed by atoms with van der Waals surface area (Å²) in [5.74, 6) is 0.743. The molecule has 0 heterocycles. The fourth-order valence-corrected chi connectivity index (χ4v) is 1.61. The third-order valence-electron chi connectivity index (χ3n) is 1.89. The fourth-order valence-electron chi connectivity index (χ4n) is 1.08. The molecule has 1 aromatic carbocycles. The van der Waals surface area contributed by atoms with Crippen LogP contribution in [0.5, 0.6) is 0 Å². The molecule has 0 amide bonds. The van der Waals surface area contributed by atoms with Crippen LogP contribution in [0.3, 0.4) is 0 Å². The van der Waals surface area contributed by atoms with Crippen LogP contribution < -0.4 is 0 Å². The average molecular weight is 194 g/mol. The second-order valence-corrected chi connectivity index (χ2v) is 4.53. The molecule has 0 radical (unpaired) electrons. The lowest BCUT2D eigenvalue weighted by Crippen LogP contribution is -1.98. The Labute approximate surface area is 81.9 Å². The van der Waals surface area contributed by atoms with Crippen molar-refractivity contribution in [1.82, 2.24) is 0 Å². The minimum atomic E-state index is -0.693. The number of hydrogen-bond donors (Lipinski definition) is 0. The van der Waals surface area contributed by atoms with Crippen molar-refractivity contribution in [1.29, 1.82) is 0 Å². The lowest BCUT2D eigenvalue weighted by atomic mass is 10.1. The van der Waals surface area contributed by atoms with Crippen LogP contribution in [0.25, 0.3) is 6.08 Å². The van der Waals surface area contributed by atoms with Gasteiger partial charge in [0.25, 0.3) is 0 Å². The summed E-state index contributed by atoms with van der Waals surface area (Å²) in [7, 11) is -0.693. The first-order chi connectivity index (χ1) is 6.22. The summed E-state index contributed by atoms with van der Waals surface area (Å²) in [5.41, 5.74) is 2.36. The van der Waals surface area contributed by atoms with Gasteiger partial charge in [-0.2, -0.15) is 0 Å². The molecule has 2 heteroatoms. The van der Waals surface area contributed by atoms with Crippen LogP contribution in [0.4, 0.5) is 0 Å². The summed E-state index contributed by atoms with van der Waals surface area (Å²) in [5, 5.41) is 0. The highest BCUT2D eigenvalue weighted by molar-refractivity contribution is 7.84. The van der Waals surface area contributed by atoms with Crippen molar-refractivity contribution in [3.8, 4) is 0 Å². The van der Waals surface area contributed by atoms with Gasteiger partial charge in [0.05, 0.1) is 0 Å².